The first kappa shape index (κ1) is 11.1. The first-order valence-corrected chi connectivity index (χ1v) is 4.63. The summed E-state index contributed by atoms with van der Waals surface area (Å²) in [6.45, 7) is 5.57. The van der Waals surface area contributed by atoms with E-state index in [1.807, 2.05) is 13.2 Å². The van der Waals surface area contributed by atoms with E-state index in [4.69, 9.17) is 4.74 Å². The third kappa shape index (κ3) is 3.43. The molecule has 0 atom stereocenters. The quantitative estimate of drug-likeness (QED) is 0.740. The maximum absolute atomic E-state index is 5.10. The SMILES string of the molecule is COCC(C)(C)NCc1cn(C)nn1. The zero-order valence-corrected chi connectivity index (χ0v) is 9.24. The van der Waals surface area contributed by atoms with Gasteiger partial charge in [0, 0.05) is 32.4 Å². The Bertz CT molecular complexity index is 282. The third-order valence-corrected chi connectivity index (χ3v) is 1.90. The highest BCUT2D eigenvalue weighted by atomic mass is 16.5. The van der Waals surface area contributed by atoms with E-state index < -0.39 is 0 Å². The lowest BCUT2D eigenvalue weighted by Crippen LogP contribution is -2.42. The molecule has 0 fully saturated rings. The summed E-state index contributed by atoms with van der Waals surface area (Å²) in [6.07, 6.45) is 1.90. The summed E-state index contributed by atoms with van der Waals surface area (Å²) in [5.41, 5.74) is 0.906. The summed E-state index contributed by atoms with van der Waals surface area (Å²) in [4.78, 5) is 0. The largest absolute Gasteiger partial charge is 0.383 e. The summed E-state index contributed by atoms with van der Waals surface area (Å²) >= 11 is 0. The summed E-state index contributed by atoms with van der Waals surface area (Å²) in [7, 11) is 3.56. The van der Waals surface area contributed by atoms with Crippen molar-refractivity contribution in [2.75, 3.05) is 13.7 Å². The van der Waals surface area contributed by atoms with Crippen molar-refractivity contribution in [1.82, 2.24) is 20.3 Å². The molecule has 1 rings (SSSR count). The van der Waals surface area contributed by atoms with Gasteiger partial charge in [-0.15, -0.1) is 5.10 Å². The highest BCUT2D eigenvalue weighted by Crippen LogP contribution is 2.03. The molecule has 0 amide bonds. The number of nitrogens with zero attached hydrogens (tertiary/aromatic N) is 3. The van der Waals surface area contributed by atoms with Gasteiger partial charge in [-0.25, -0.2) is 0 Å². The van der Waals surface area contributed by atoms with Crippen LogP contribution in [0.15, 0.2) is 6.20 Å². The Balaban J connectivity index is 2.40. The van der Waals surface area contributed by atoms with Gasteiger partial charge in [-0.05, 0) is 13.8 Å². The molecule has 1 aromatic heterocycles. The van der Waals surface area contributed by atoms with Crippen molar-refractivity contribution in [2.24, 2.45) is 7.05 Å². The van der Waals surface area contributed by atoms with E-state index >= 15 is 0 Å². The fraction of sp³-hybridized carbons (Fsp3) is 0.778. The van der Waals surface area contributed by atoms with Crippen molar-refractivity contribution in [2.45, 2.75) is 25.9 Å². The Kier molecular flexibility index (Phi) is 3.60. The second kappa shape index (κ2) is 4.52. The van der Waals surface area contributed by atoms with Crippen molar-refractivity contribution >= 4 is 0 Å². The van der Waals surface area contributed by atoms with E-state index in [2.05, 4.69) is 29.5 Å². The Morgan fingerprint density at radius 2 is 2.29 bits per heavy atom. The second-order valence-corrected chi connectivity index (χ2v) is 4.05. The van der Waals surface area contributed by atoms with E-state index in [0.29, 0.717) is 13.2 Å². The summed E-state index contributed by atoms with van der Waals surface area (Å²) in [6, 6.07) is 0. The van der Waals surface area contributed by atoms with Gasteiger partial charge in [-0.2, -0.15) is 0 Å². The molecule has 5 heteroatoms. The topological polar surface area (TPSA) is 52.0 Å². The van der Waals surface area contributed by atoms with Crippen LogP contribution >= 0.6 is 0 Å². The van der Waals surface area contributed by atoms with Crippen molar-refractivity contribution in [3.63, 3.8) is 0 Å². The van der Waals surface area contributed by atoms with E-state index in [-0.39, 0.29) is 5.54 Å². The van der Waals surface area contributed by atoms with Crippen LogP contribution < -0.4 is 5.32 Å². The molecule has 0 aliphatic rings. The molecule has 0 spiro atoms. The molecule has 1 heterocycles. The second-order valence-electron chi connectivity index (χ2n) is 4.05. The monoisotopic (exact) mass is 198 g/mol. The van der Waals surface area contributed by atoms with Gasteiger partial charge in [0.25, 0.3) is 0 Å². The van der Waals surface area contributed by atoms with E-state index in [9.17, 15) is 0 Å². The fourth-order valence-corrected chi connectivity index (χ4v) is 1.22. The molecule has 14 heavy (non-hydrogen) atoms. The normalized spacial score (nSPS) is 12.0. The smallest absolute Gasteiger partial charge is 0.0964 e. The van der Waals surface area contributed by atoms with E-state index in [0.717, 1.165) is 5.69 Å². The maximum Gasteiger partial charge on any atom is 0.0964 e. The first-order chi connectivity index (χ1) is 6.53. The number of aromatic nitrogens is 3. The summed E-state index contributed by atoms with van der Waals surface area (Å²) < 4.78 is 6.79. The number of methoxy groups -OCH3 is 1. The minimum atomic E-state index is -0.0354. The maximum atomic E-state index is 5.10. The molecule has 1 aromatic rings. The number of aryl methyl sites for hydroxylation is 1. The number of hydrogen-bond acceptors (Lipinski definition) is 4. The lowest BCUT2D eigenvalue weighted by molar-refractivity contribution is 0.127. The van der Waals surface area contributed by atoms with Crippen molar-refractivity contribution in [3.05, 3.63) is 11.9 Å². The lowest BCUT2D eigenvalue weighted by Gasteiger charge is -2.24. The standard InChI is InChI=1S/C9H18N4O/c1-9(2,7-14-4)10-5-8-6-13(3)12-11-8/h6,10H,5,7H2,1-4H3. The average Bonchev–Trinajstić information content (AvgIpc) is 2.48. The van der Waals surface area contributed by atoms with Crippen LogP contribution in [0.4, 0.5) is 0 Å². The van der Waals surface area contributed by atoms with Gasteiger partial charge in [-0.3, -0.25) is 4.68 Å². The first-order valence-electron chi connectivity index (χ1n) is 4.63. The predicted molar refractivity (Wildman–Crippen MR) is 53.8 cm³/mol. The molecule has 0 aliphatic carbocycles. The van der Waals surface area contributed by atoms with Crippen LogP contribution in [-0.2, 0) is 18.3 Å². The van der Waals surface area contributed by atoms with Crippen LogP contribution in [0.5, 0.6) is 0 Å². The van der Waals surface area contributed by atoms with Gasteiger partial charge < -0.3 is 10.1 Å². The highest BCUT2D eigenvalue weighted by Gasteiger charge is 2.16. The van der Waals surface area contributed by atoms with Crippen molar-refractivity contribution in [1.29, 1.82) is 0 Å². The molecular formula is C9H18N4O. The number of rotatable bonds is 5. The van der Waals surface area contributed by atoms with Crippen LogP contribution in [0.2, 0.25) is 0 Å². The molecule has 0 saturated carbocycles. The Labute approximate surface area is 84.4 Å². The van der Waals surface area contributed by atoms with Gasteiger partial charge in [-0.1, -0.05) is 5.21 Å². The minimum absolute atomic E-state index is 0.0354. The Morgan fingerprint density at radius 3 is 2.79 bits per heavy atom. The minimum Gasteiger partial charge on any atom is -0.383 e. The molecule has 80 valence electrons. The zero-order valence-electron chi connectivity index (χ0n) is 9.24. The zero-order chi connectivity index (χ0) is 10.6. The number of hydrogen-bond donors (Lipinski definition) is 1. The van der Waals surface area contributed by atoms with Crippen LogP contribution in [0.1, 0.15) is 19.5 Å². The van der Waals surface area contributed by atoms with Crippen LogP contribution in [0.25, 0.3) is 0 Å². The van der Waals surface area contributed by atoms with E-state index in [1.165, 1.54) is 0 Å². The highest BCUT2D eigenvalue weighted by molar-refractivity contribution is 4.93. The molecular weight excluding hydrogens is 180 g/mol. The van der Waals surface area contributed by atoms with Gasteiger partial charge in [0.1, 0.15) is 0 Å². The van der Waals surface area contributed by atoms with Crippen LogP contribution in [-0.4, -0.2) is 34.2 Å². The molecule has 0 unspecified atom stereocenters. The van der Waals surface area contributed by atoms with Gasteiger partial charge in [0.05, 0.1) is 12.3 Å². The Hall–Kier alpha value is -0.940. The summed E-state index contributed by atoms with van der Waals surface area (Å²) in [5.74, 6) is 0. The number of nitrogens with one attached hydrogen (secondary N) is 1. The van der Waals surface area contributed by atoms with Gasteiger partial charge in [0.2, 0.25) is 0 Å². The van der Waals surface area contributed by atoms with Crippen LogP contribution in [0, 0.1) is 0 Å². The molecule has 0 radical (unpaired) electrons. The summed E-state index contributed by atoms with van der Waals surface area (Å²) in [5, 5.41) is 11.2. The molecule has 1 N–H and O–H groups in total. The molecule has 0 saturated heterocycles. The van der Waals surface area contributed by atoms with Gasteiger partial charge in [0.15, 0.2) is 0 Å². The molecule has 5 nitrogen and oxygen atoms in total. The van der Waals surface area contributed by atoms with E-state index in [1.54, 1.807) is 11.8 Å². The molecule has 0 bridgehead atoms. The Morgan fingerprint density at radius 1 is 1.57 bits per heavy atom. The number of ether oxygens (including phenoxy) is 1. The third-order valence-electron chi connectivity index (χ3n) is 1.90. The van der Waals surface area contributed by atoms with Crippen molar-refractivity contribution < 1.29 is 4.74 Å². The lowest BCUT2D eigenvalue weighted by atomic mass is 10.1. The average molecular weight is 198 g/mol. The molecule has 0 aromatic carbocycles. The van der Waals surface area contributed by atoms with Crippen molar-refractivity contribution in [3.8, 4) is 0 Å². The van der Waals surface area contributed by atoms with Crippen LogP contribution in [0.3, 0.4) is 0 Å². The molecule has 0 aliphatic heterocycles. The van der Waals surface area contributed by atoms with Gasteiger partial charge >= 0.3 is 0 Å². The fourth-order valence-electron chi connectivity index (χ4n) is 1.22. The predicted octanol–water partition coefficient (Wildman–Crippen LogP) is 0.330.